The molecule has 22 heavy (non-hydrogen) atoms. The lowest BCUT2D eigenvalue weighted by atomic mass is 10.2. The van der Waals surface area contributed by atoms with E-state index in [1.165, 1.54) is 31.4 Å². The van der Waals surface area contributed by atoms with Gasteiger partial charge in [-0.05, 0) is 37.2 Å². The number of carbonyl (C=O) groups excluding carboxylic acids is 1. The first-order chi connectivity index (χ1) is 10.5. The molecule has 0 spiro atoms. The molecule has 1 saturated heterocycles. The molecule has 0 radical (unpaired) electrons. The maximum absolute atomic E-state index is 12.1. The second-order valence-electron chi connectivity index (χ2n) is 5.08. The topological polar surface area (TPSA) is 96.5 Å². The van der Waals surface area contributed by atoms with Crippen LogP contribution in [-0.4, -0.2) is 53.7 Å². The summed E-state index contributed by atoms with van der Waals surface area (Å²) in [7, 11) is -2.07. The van der Waals surface area contributed by atoms with Crippen molar-refractivity contribution in [2.75, 3.05) is 33.4 Å². The molecule has 122 valence electrons. The summed E-state index contributed by atoms with van der Waals surface area (Å²) >= 11 is 0. The van der Waals surface area contributed by atoms with E-state index < -0.39 is 10.0 Å². The zero-order chi connectivity index (χ0) is 16.0. The second kappa shape index (κ2) is 7.68. The van der Waals surface area contributed by atoms with E-state index in [1.54, 1.807) is 0 Å². The Kier molecular flexibility index (Phi) is 5.90. The number of hydrogen-bond acceptors (Lipinski definition) is 5. The Balaban J connectivity index is 1.98. The minimum Gasteiger partial charge on any atom is -0.383 e. The molecule has 8 heteroatoms. The number of sulfonamides is 1. The molecule has 1 aliphatic heterocycles. The number of rotatable bonds is 7. The van der Waals surface area contributed by atoms with Gasteiger partial charge in [0.05, 0.1) is 11.5 Å². The molecule has 7 nitrogen and oxygen atoms in total. The number of methoxy groups -OCH3 is 1. The summed E-state index contributed by atoms with van der Waals surface area (Å²) in [5.41, 5.74) is 0.447. The zero-order valence-corrected chi connectivity index (χ0v) is 13.3. The molecule has 3 N–H and O–H groups in total. The minimum atomic E-state index is -3.57. The predicted molar refractivity (Wildman–Crippen MR) is 82.2 cm³/mol. The molecule has 1 fully saturated rings. The molecule has 0 aliphatic carbocycles. The van der Waals surface area contributed by atoms with E-state index in [0.29, 0.717) is 12.2 Å². The molecule has 0 aromatic heterocycles. The lowest BCUT2D eigenvalue weighted by Crippen LogP contribution is -2.36. The van der Waals surface area contributed by atoms with E-state index in [4.69, 9.17) is 4.74 Å². The molecule has 2 rings (SSSR count). The van der Waals surface area contributed by atoms with Crippen molar-refractivity contribution >= 4 is 15.9 Å². The van der Waals surface area contributed by atoms with Crippen molar-refractivity contribution in [3.8, 4) is 0 Å². The molecule has 1 atom stereocenters. The Morgan fingerprint density at radius 2 is 2.09 bits per heavy atom. The molecule has 1 aliphatic rings. The number of amides is 1. The smallest absolute Gasteiger partial charge is 0.251 e. The fourth-order valence-electron chi connectivity index (χ4n) is 2.19. The summed E-state index contributed by atoms with van der Waals surface area (Å²) in [5.74, 6) is -0.190. The van der Waals surface area contributed by atoms with Crippen molar-refractivity contribution in [3.05, 3.63) is 29.8 Å². The van der Waals surface area contributed by atoms with Gasteiger partial charge in [0.25, 0.3) is 5.91 Å². The van der Waals surface area contributed by atoms with Crippen molar-refractivity contribution < 1.29 is 17.9 Å². The van der Waals surface area contributed by atoms with Gasteiger partial charge in [-0.25, -0.2) is 13.1 Å². The quantitative estimate of drug-likeness (QED) is 0.598. The average molecular weight is 327 g/mol. The Bertz CT molecular complexity index is 595. The van der Waals surface area contributed by atoms with Crippen LogP contribution in [-0.2, 0) is 14.8 Å². The fourth-order valence-corrected chi connectivity index (χ4v) is 3.21. The highest BCUT2D eigenvalue weighted by Crippen LogP contribution is 2.11. The second-order valence-corrected chi connectivity index (χ2v) is 6.85. The molecule has 0 bridgehead atoms. The van der Waals surface area contributed by atoms with Crippen LogP contribution in [0.15, 0.2) is 29.2 Å². The van der Waals surface area contributed by atoms with Crippen molar-refractivity contribution in [2.24, 2.45) is 0 Å². The molecule has 1 amide bonds. The number of carbonyl (C=O) groups is 1. The summed E-state index contributed by atoms with van der Waals surface area (Å²) in [4.78, 5) is 12.2. The molecule has 0 saturated carbocycles. The zero-order valence-electron chi connectivity index (χ0n) is 12.5. The Hall–Kier alpha value is -1.48. The number of ether oxygens (including phenoxy) is 1. The maximum Gasteiger partial charge on any atom is 0.251 e. The summed E-state index contributed by atoms with van der Waals surface area (Å²) in [6.45, 7) is 2.17. The van der Waals surface area contributed by atoms with Crippen LogP contribution in [0.1, 0.15) is 16.8 Å². The van der Waals surface area contributed by atoms with Gasteiger partial charge in [-0.2, -0.15) is 0 Å². The Morgan fingerprint density at radius 1 is 1.36 bits per heavy atom. The molecule has 1 aromatic carbocycles. The van der Waals surface area contributed by atoms with Crippen LogP contribution in [0.25, 0.3) is 0 Å². The highest BCUT2D eigenvalue weighted by Gasteiger charge is 2.18. The fraction of sp³-hybridized carbons (Fsp3) is 0.500. The summed E-state index contributed by atoms with van der Waals surface area (Å²) in [6.07, 6.45) is 0.904. The third-order valence-electron chi connectivity index (χ3n) is 3.42. The van der Waals surface area contributed by atoms with E-state index >= 15 is 0 Å². The van der Waals surface area contributed by atoms with Gasteiger partial charge in [0, 0.05) is 31.8 Å². The molecule has 1 heterocycles. The monoisotopic (exact) mass is 327 g/mol. The van der Waals surface area contributed by atoms with Crippen molar-refractivity contribution in [3.63, 3.8) is 0 Å². The van der Waals surface area contributed by atoms with Gasteiger partial charge in [-0.15, -0.1) is 0 Å². The maximum atomic E-state index is 12.1. The minimum absolute atomic E-state index is 0.127. The molecular formula is C14H21N3O4S. The normalized spacial score (nSPS) is 18.3. The van der Waals surface area contributed by atoms with Crippen molar-refractivity contribution in [1.29, 1.82) is 0 Å². The highest BCUT2D eigenvalue weighted by molar-refractivity contribution is 7.89. The Labute approximate surface area is 130 Å². The van der Waals surface area contributed by atoms with E-state index in [2.05, 4.69) is 15.4 Å². The largest absolute Gasteiger partial charge is 0.383 e. The standard InChI is InChI=1S/C14H21N3O4S/c1-21-9-8-16-22(19,20)13-4-2-11(3-5-13)14(18)17-12-6-7-15-10-12/h2-5,12,15-16H,6-10H2,1H3,(H,17,18). The molecule has 1 aromatic rings. The summed E-state index contributed by atoms with van der Waals surface area (Å²) in [6, 6.07) is 6.02. The van der Waals surface area contributed by atoms with Crippen LogP contribution in [0.2, 0.25) is 0 Å². The number of hydrogen-bond donors (Lipinski definition) is 3. The van der Waals surface area contributed by atoms with Gasteiger partial charge in [0.1, 0.15) is 0 Å². The van der Waals surface area contributed by atoms with Gasteiger partial charge in [0.2, 0.25) is 10.0 Å². The van der Waals surface area contributed by atoms with Gasteiger partial charge >= 0.3 is 0 Å². The highest BCUT2D eigenvalue weighted by atomic mass is 32.2. The van der Waals surface area contributed by atoms with Crippen LogP contribution in [0.4, 0.5) is 0 Å². The van der Waals surface area contributed by atoms with Crippen LogP contribution >= 0.6 is 0 Å². The first-order valence-electron chi connectivity index (χ1n) is 7.13. The van der Waals surface area contributed by atoms with E-state index in [-0.39, 0.29) is 23.4 Å². The molecule has 1 unspecified atom stereocenters. The van der Waals surface area contributed by atoms with Gasteiger partial charge in [-0.1, -0.05) is 0 Å². The van der Waals surface area contributed by atoms with Gasteiger partial charge in [-0.3, -0.25) is 4.79 Å². The average Bonchev–Trinajstić information content (AvgIpc) is 3.00. The van der Waals surface area contributed by atoms with Crippen molar-refractivity contribution in [2.45, 2.75) is 17.4 Å². The third kappa shape index (κ3) is 4.51. The summed E-state index contributed by atoms with van der Waals surface area (Å²) < 4.78 is 31.2. The predicted octanol–water partition coefficient (Wildman–Crippen LogP) is -0.297. The van der Waals surface area contributed by atoms with Crippen LogP contribution in [0.3, 0.4) is 0 Å². The first-order valence-corrected chi connectivity index (χ1v) is 8.61. The van der Waals surface area contributed by atoms with Crippen molar-refractivity contribution in [1.82, 2.24) is 15.4 Å². The number of benzene rings is 1. The number of nitrogens with one attached hydrogen (secondary N) is 3. The third-order valence-corrected chi connectivity index (χ3v) is 4.90. The SMILES string of the molecule is COCCNS(=O)(=O)c1ccc(C(=O)NC2CCNC2)cc1. The first kappa shape index (κ1) is 16.9. The van der Waals surface area contributed by atoms with Crippen LogP contribution < -0.4 is 15.4 Å². The van der Waals surface area contributed by atoms with E-state index in [1.807, 2.05) is 0 Å². The van der Waals surface area contributed by atoms with E-state index in [0.717, 1.165) is 19.5 Å². The lowest BCUT2D eigenvalue weighted by molar-refractivity contribution is 0.0940. The van der Waals surface area contributed by atoms with Gasteiger partial charge < -0.3 is 15.4 Å². The van der Waals surface area contributed by atoms with Gasteiger partial charge in [0.15, 0.2) is 0 Å². The lowest BCUT2D eigenvalue weighted by Gasteiger charge is -2.11. The Morgan fingerprint density at radius 3 is 2.68 bits per heavy atom. The van der Waals surface area contributed by atoms with E-state index in [9.17, 15) is 13.2 Å². The van der Waals surface area contributed by atoms with Crippen LogP contribution in [0.5, 0.6) is 0 Å². The van der Waals surface area contributed by atoms with Crippen LogP contribution in [0, 0.1) is 0 Å². The molecular weight excluding hydrogens is 306 g/mol. The summed E-state index contributed by atoms with van der Waals surface area (Å²) in [5, 5.41) is 6.08.